The zero-order chi connectivity index (χ0) is 23.9. The summed E-state index contributed by atoms with van der Waals surface area (Å²) in [4.78, 5) is 42.5. The monoisotopic (exact) mass is 450 g/mol. The van der Waals surface area contributed by atoms with Crippen LogP contribution in [0.15, 0.2) is 48.2 Å². The lowest BCUT2D eigenvalue weighted by Gasteiger charge is -2.24. The van der Waals surface area contributed by atoms with E-state index in [4.69, 9.17) is 4.74 Å². The Morgan fingerprint density at radius 1 is 1.24 bits per heavy atom. The number of nitro benzene ring substituents is 1. The average molecular weight is 450 g/mol. The summed E-state index contributed by atoms with van der Waals surface area (Å²) < 4.78 is 6.86. The third-order valence-corrected chi connectivity index (χ3v) is 5.78. The van der Waals surface area contributed by atoms with Gasteiger partial charge in [-0.25, -0.2) is 4.98 Å². The third kappa shape index (κ3) is 3.64. The summed E-state index contributed by atoms with van der Waals surface area (Å²) in [6, 6.07) is 8.36. The first-order chi connectivity index (χ1) is 15.8. The van der Waals surface area contributed by atoms with Gasteiger partial charge in [-0.1, -0.05) is 18.2 Å². The van der Waals surface area contributed by atoms with Crippen molar-refractivity contribution in [3.05, 3.63) is 80.8 Å². The van der Waals surface area contributed by atoms with Gasteiger partial charge in [-0.3, -0.25) is 19.7 Å². The number of rotatable bonds is 6. The number of carbonyl (C=O) groups excluding carboxylic acids is 2. The SMILES string of the molecule is COCCN1C(=O)C(=O)C(=C(O)c2nc3c(C)cccn3c2C)C1c1cccc([N+](=O)[O-])c1. The third-order valence-electron chi connectivity index (χ3n) is 5.78. The number of aliphatic hydroxyl groups excluding tert-OH is 1. The number of likely N-dealkylation sites (tertiary alicyclic amines) is 1. The smallest absolute Gasteiger partial charge is 0.295 e. The zero-order valence-electron chi connectivity index (χ0n) is 18.3. The minimum absolute atomic E-state index is 0.0640. The van der Waals surface area contributed by atoms with Crippen LogP contribution >= 0.6 is 0 Å². The lowest BCUT2D eigenvalue weighted by atomic mass is 9.96. The van der Waals surface area contributed by atoms with Crippen LogP contribution in [-0.2, 0) is 14.3 Å². The highest BCUT2D eigenvalue weighted by atomic mass is 16.6. The maximum atomic E-state index is 13.1. The number of aryl methyl sites for hydroxylation is 2. The van der Waals surface area contributed by atoms with Crippen molar-refractivity contribution in [2.45, 2.75) is 19.9 Å². The van der Waals surface area contributed by atoms with E-state index in [1.54, 1.807) is 23.6 Å². The summed E-state index contributed by atoms with van der Waals surface area (Å²) in [5.74, 6) is -2.12. The van der Waals surface area contributed by atoms with Crippen LogP contribution in [0.25, 0.3) is 11.4 Å². The number of nitrogens with zero attached hydrogens (tertiary/aromatic N) is 4. The average Bonchev–Trinajstić information content (AvgIpc) is 3.27. The molecular formula is C23H22N4O6. The number of hydrogen-bond acceptors (Lipinski definition) is 7. The fourth-order valence-electron chi connectivity index (χ4n) is 4.13. The molecule has 1 N–H and O–H groups in total. The Morgan fingerprint density at radius 2 is 2.00 bits per heavy atom. The molecule has 0 spiro atoms. The summed E-state index contributed by atoms with van der Waals surface area (Å²) in [6.45, 7) is 3.83. The summed E-state index contributed by atoms with van der Waals surface area (Å²) in [6.07, 6.45) is 1.79. The highest BCUT2D eigenvalue weighted by Gasteiger charge is 2.46. The van der Waals surface area contributed by atoms with E-state index in [1.807, 2.05) is 19.1 Å². The van der Waals surface area contributed by atoms with Crippen LogP contribution in [0.3, 0.4) is 0 Å². The van der Waals surface area contributed by atoms with Crippen LogP contribution in [0.1, 0.15) is 28.6 Å². The molecule has 1 unspecified atom stereocenters. The molecule has 1 amide bonds. The summed E-state index contributed by atoms with van der Waals surface area (Å²) in [5.41, 5.74) is 2.22. The second-order valence-electron chi connectivity index (χ2n) is 7.77. The fourth-order valence-corrected chi connectivity index (χ4v) is 4.13. The molecule has 3 aromatic rings. The molecule has 0 radical (unpaired) electrons. The predicted octanol–water partition coefficient (Wildman–Crippen LogP) is 2.93. The first kappa shape index (κ1) is 22.2. The molecule has 1 aromatic carbocycles. The second kappa shape index (κ2) is 8.47. The lowest BCUT2D eigenvalue weighted by Crippen LogP contribution is -2.32. The van der Waals surface area contributed by atoms with E-state index < -0.39 is 28.4 Å². The number of amides is 1. The number of benzene rings is 1. The minimum atomic E-state index is -1.02. The van der Waals surface area contributed by atoms with E-state index >= 15 is 0 Å². The van der Waals surface area contributed by atoms with E-state index in [9.17, 15) is 24.8 Å². The van der Waals surface area contributed by atoms with Crippen molar-refractivity contribution in [1.82, 2.24) is 14.3 Å². The predicted molar refractivity (Wildman–Crippen MR) is 119 cm³/mol. The molecule has 3 heterocycles. The molecule has 0 bridgehead atoms. The molecular weight excluding hydrogens is 428 g/mol. The van der Waals surface area contributed by atoms with Gasteiger partial charge in [0.05, 0.1) is 28.8 Å². The van der Waals surface area contributed by atoms with E-state index in [0.29, 0.717) is 16.9 Å². The first-order valence-corrected chi connectivity index (χ1v) is 10.2. The number of aromatic nitrogens is 2. The molecule has 170 valence electrons. The van der Waals surface area contributed by atoms with Gasteiger partial charge in [0.1, 0.15) is 11.3 Å². The van der Waals surface area contributed by atoms with Crippen molar-refractivity contribution in [3.8, 4) is 0 Å². The maximum Gasteiger partial charge on any atom is 0.295 e. The number of hydrogen-bond donors (Lipinski definition) is 1. The molecule has 33 heavy (non-hydrogen) atoms. The highest BCUT2D eigenvalue weighted by Crippen LogP contribution is 2.40. The van der Waals surface area contributed by atoms with Gasteiger partial charge in [0.15, 0.2) is 5.76 Å². The summed E-state index contributed by atoms with van der Waals surface area (Å²) in [5, 5.41) is 22.6. The summed E-state index contributed by atoms with van der Waals surface area (Å²) >= 11 is 0. The Labute approximate surface area is 188 Å². The van der Waals surface area contributed by atoms with E-state index in [-0.39, 0.29) is 30.1 Å². The second-order valence-corrected chi connectivity index (χ2v) is 7.77. The van der Waals surface area contributed by atoms with E-state index in [2.05, 4.69) is 4.98 Å². The van der Waals surface area contributed by atoms with Crippen LogP contribution in [0.5, 0.6) is 0 Å². The van der Waals surface area contributed by atoms with Crippen molar-refractivity contribution < 1.29 is 24.4 Å². The number of fused-ring (bicyclic) bond motifs is 1. The minimum Gasteiger partial charge on any atom is -0.505 e. The van der Waals surface area contributed by atoms with Crippen molar-refractivity contribution in [1.29, 1.82) is 0 Å². The largest absolute Gasteiger partial charge is 0.505 e. The van der Waals surface area contributed by atoms with E-state index in [0.717, 1.165) is 5.56 Å². The van der Waals surface area contributed by atoms with Gasteiger partial charge < -0.3 is 19.1 Å². The number of carbonyl (C=O) groups is 2. The van der Waals surface area contributed by atoms with Gasteiger partial charge >= 0.3 is 0 Å². The molecule has 1 fully saturated rings. The van der Waals surface area contributed by atoms with Gasteiger partial charge in [-0.05, 0) is 31.0 Å². The number of Topliss-reactive ketones (excluding diaryl/α,β-unsaturated/α-hetero) is 1. The number of nitro groups is 1. The Morgan fingerprint density at radius 3 is 2.67 bits per heavy atom. The maximum absolute atomic E-state index is 13.1. The molecule has 2 aromatic heterocycles. The van der Waals surface area contributed by atoms with Gasteiger partial charge in [0.25, 0.3) is 17.4 Å². The Hall–Kier alpha value is -4.05. The van der Waals surface area contributed by atoms with E-state index in [1.165, 1.54) is 30.2 Å². The Kier molecular flexibility index (Phi) is 5.69. The van der Waals surface area contributed by atoms with Gasteiger partial charge in [0, 0.05) is 32.0 Å². The molecule has 4 rings (SSSR count). The van der Waals surface area contributed by atoms with Gasteiger partial charge in [-0.15, -0.1) is 0 Å². The number of imidazole rings is 1. The molecule has 1 atom stereocenters. The van der Waals surface area contributed by atoms with Crippen LogP contribution in [-0.4, -0.2) is 56.3 Å². The van der Waals surface area contributed by atoms with Crippen molar-refractivity contribution in [3.63, 3.8) is 0 Å². The number of ether oxygens (including phenoxy) is 1. The number of methoxy groups -OCH3 is 1. The summed E-state index contributed by atoms with van der Waals surface area (Å²) in [7, 11) is 1.46. The lowest BCUT2D eigenvalue weighted by molar-refractivity contribution is -0.384. The zero-order valence-corrected chi connectivity index (χ0v) is 18.3. The van der Waals surface area contributed by atoms with Crippen molar-refractivity contribution in [2.75, 3.05) is 20.3 Å². The molecule has 1 aliphatic heterocycles. The number of ketones is 1. The number of aliphatic hydroxyl groups is 1. The number of non-ortho nitro benzene ring substituents is 1. The highest BCUT2D eigenvalue weighted by molar-refractivity contribution is 6.46. The first-order valence-electron chi connectivity index (χ1n) is 10.2. The standard InChI is InChI=1S/C23H22N4O6/c1-13-6-5-9-25-14(2)18(24-22(13)25)20(28)17-19(15-7-4-8-16(12-15)27(31)32)26(10-11-33-3)23(30)21(17)29/h4-9,12,19,28H,10-11H2,1-3H3. The van der Waals surface area contributed by atoms with Crippen LogP contribution in [0.2, 0.25) is 0 Å². The fraction of sp³-hybridized carbons (Fsp3) is 0.261. The Bertz CT molecular complexity index is 1330. The van der Waals surface area contributed by atoms with Crippen LogP contribution in [0, 0.1) is 24.0 Å². The van der Waals surface area contributed by atoms with Crippen molar-refractivity contribution >= 4 is 28.8 Å². The van der Waals surface area contributed by atoms with Crippen LogP contribution in [0.4, 0.5) is 5.69 Å². The quantitative estimate of drug-likeness (QED) is 0.201. The topological polar surface area (TPSA) is 127 Å². The normalized spacial score (nSPS) is 17.8. The molecule has 1 saturated heterocycles. The molecule has 10 heteroatoms. The Balaban J connectivity index is 1.95. The van der Waals surface area contributed by atoms with Crippen molar-refractivity contribution in [2.24, 2.45) is 0 Å². The van der Waals surface area contributed by atoms with Crippen LogP contribution < -0.4 is 0 Å². The van der Waals surface area contributed by atoms with Gasteiger partial charge in [-0.2, -0.15) is 0 Å². The molecule has 0 saturated carbocycles. The molecule has 1 aliphatic rings. The molecule has 10 nitrogen and oxygen atoms in total. The van der Waals surface area contributed by atoms with Gasteiger partial charge in [0.2, 0.25) is 0 Å². The number of pyridine rings is 1. The molecule has 0 aliphatic carbocycles.